The van der Waals surface area contributed by atoms with Crippen LogP contribution in [-0.2, 0) is 4.79 Å². The second-order valence-corrected chi connectivity index (χ2v) is 7.51. The monoisotopic (exact) mass is 297 g/mol. The van der Waals surface area contributed by atoms with E-state index in [2.05, 4.69) is 30.6 Å². The van der Waals surface area contributed by atoms with Gasteiger partial charge in [0.05, 0.1) is 6.10 Å². The summed E-state index contributed by atoms with van der Waals surface area (Å²) < 4.78 is 0. The van der Waals surface area contributed by atoms with E-state index in [0.717, 1.165) is 65.2 Å². The number of carbonyl (C=O) groups is 1. The molecule has 0 aromatic carbocycles. The summed E-state index contributed by atoms with van der Waals surface area (Å²) in [5, 5.41) is 10.2. The molecule has 21 heavy (non-hydrogen) atoms. The molecule has 2 aliphatic rings. The van der Waals surface area contributed by atoms with Gasteiger partial charge >= 0.3 is 0 Å². The average molecular weight is 297 g/mol. The van der Waals surface area contributed by atoms with Crippen LogP contribution in [0.15, 0.2) is 0 Å². The van der Waals surface area contributed by atoms with Crippen molar-refractivity contribution in [1.29, 1.82) is 0 Å². The van der Waals surface area contributed by atoms with Gasteiger partial charge in [0.15, 0.2) is 0 Å². The molecule has 5 heteroatoms. The van der Waals surface area contributed by atoms with Crippen molar-refractivity contribution in [3.63, 3.8) is 0 Å². The first-order valence-corrected chi connectivity index (χ1v) is 8.27. The summed E-state index contributed by atoms with van der Waals surface area (Å²) in [6, 6.07) is 0. The summed E-state index contributed by atoms with van der Waals surface area (Å²) in [7, 11) is 0. The van der Waals surface area contributed by atoms with E-state index in [1.165, 1.54) is 0 Å². The number of likely N-dealkylation sites (tertiary alicyclic amines) is 1. The zero-order valence-corrected chi connectivity index (χ0v) is 13.8. The predicted octanol–water partition coefficient (Wildman–Crippen LogP) is 0.633. The molecule has 0 spiro atoms. The fourth-order valence-electron chi connectivity index (χ4n) is 2.92. The number of nitrogens with zero attached hydrogens (tertiary/aromatic N) is 3. The number of hydrogen-bond donors (Lipinski definition) is 1. The number of carbonyl (C=O) groups excluding carboxylic acids is 1. The van der Waals surface area contributed by atoms with Gasteiger partial charge in [0, 0.05) is 58.8 Å². The number of rotatable bonds is 5. The third kappa shape index (κ3) is 4.94. The number of aliphatic hydroxyl groups excluding tert-OH is 1. The van der Waals surface area contributed by atoms with Crippen LogP contribution in [-0.4, -0.2) is 84.2 Å². The fraction of sp³-hybridized carbons (Fsp3) is 0.938. The van der Waals surface area contributed by atoms with Crippen LogP contribution in [0, 0.1) is 5.41 Å². The van der Waals surface area contributed by atoms with Gasteiger partial charge in [-0.1, -0.05) is 20.8 Å². The Kier molecular flexibility index (Phi) is 5.63. The summed E-state index contributed by atoms with van der Waals surface area (Å²) in [5.74, 6) is 0.321. The van der Waals surface area contributed by atoms with Crippen molar-refractivity contribution in [2.75, 3.05) is 52.4 Å². The molecule has 1 atom stereocenters. The van der Waals surface area contributed by atoms with Gasteiger partial charge in [-0.3, -0.25) is 14.6 Å². The normalized spacial score (nSPS) is 23.8. The third-order valence-electron chi connectivity index (χ3n) is 4.75. The van der Waals surface area contributed by atoms with Crippen molar-refractivity contribution < 1.29 is 9.90 Å². The van der Waals surface area contributed by atoms with Gasteiger partial charge in [0.1, 0.15) is 0 Å². The second-order valence-electron chi connectivity index (χ2n) is 7.51. The standard InChI is InChI=1S/C16H31N3O2/c1-16(2,3)14(20)13-18-9-7-17(8-10-18)11-12-19-6-4-5-15(19)21/h14,20H,4-13H2,1-3H3/t14-/m1/s1. The van der Waals surface area contributed by atoms with Crippen LogP contribution in [0.2, 0.25) is 0 Å². The maximum absolute atomic E-state index is 11.6. The highest BCUT2D eigenvalue weighted by Crippen LogP contribution is 2.20. The molecule has 0 unspecified atom stereocenters. The van der Waals surface area contributed by atoms with E-state index in [-0.39, 0.29) is 11.5 Å². The first-order valence-electron chi connectivity index (χ1n) is 8.27. The van der Waals surface area contributed by atoms with Crippen molar-refractivity contribution in [2.24, 2.45) is 5.41 Å². The molecule has 1 N–H and O–H groups in total. The quantitative estimate of drug-likeness (QED) is 0.809. The lowest BCUT2D eigenvalue weighted by Crippen LogP contribution is -2.51. The SMILES string of the molecule is CC(C)(C)[C@H](O)CN1CCN(CCN2CCCC2=O)CC1. The highest BCUT2D eigenvalue weighted by molar-refractivity contribution is 5.78. The molecule has 0 radical (unpaired) electrons. The number of hydrogen-bond acceptors (Lipinski definition) is 4. The Balaban J connectivity index is 1.65. The number of aliphatic hydroxyl groups is 1. The van der Waals surface area contributed by atoms with Crippen LogP contribution < -0.4 is 0 Å². The first-order chi connectivity index (χ1) is 9.86. The van der Waals surface area contributed by atoms with Crippen LogP contribution in [0.1, 0.15) is 33.6 Å². The third-order valence-corrected chi connectivity index (χ3v) is 4.75. The summed E-state index contributed by atoms with van der Waals surface area (Å²) in [6.07, 6.45) is 1.49. The van der Waals surface area contributed by atoms with Crippen molar-refractivity contribution in [3.05, 3.63) is 0 Å². The van der Waals surface area contributed by atoms with Crippen LogP contribution in [0.5, 0.6) is 0 Å². The molecule has 5 nitrogen and oxygen atoms in total. The number of amides is 1. The van der Waals surface area contributed by atoms with E-state index in [4.69, 9.17) is 0 Å². The maximum Gasteiger partial charge on any atom is 0.222 e. The summed E-state index contributed by atoms with van der Waals surface area (Å²) in [4.78, 5) is 18.4. The Hall–Kier alpha value is -0.650. The topological polar surface area (TPSA) is 47.0 Å². The minimum Gasteiger partial charge on any atom is -0.391 e. The van der Waals surface area contributed by atoms with Crippen molar-refractivity contribution in [1.82, 2.24) is 14.7 Å². The van der Waals surface area contributed by atoms with Crippen LogP contribution in [0.3, 0.4) is 0 Å². The lowest BCUT2D eigenvalue weighted by molar-refractivity contribution is -0.127. The van der Waals surface area contributed by atoms with Gasteiger partial charge in [0.25, 0.3) is 0 Å². The van der Waals surface area contributed by atoms with Crippen LogP contribution >= 0.6 is 0 Å². The Morgan fingerprint density at radius 2 is 1.67 bits per heavy atom. The molecule has 0 aromatic heterocycles. The van der Waals surface area contributed by atoms with E-state index >= 15 is 0 Å². The molecule has 2 fully saturated rings. The van der Waals surface area contributed by atoms with Gasteiger partial charge in [-0.25, -0.2) is 0 Å². The molecule has 2 rings (SSSR count). The minimum atomic E-state index is -0.272. The number of piperazine rings is 1. The van der Waals surface area contributed by atoms with E-state index in [0.29, 0.717) is 5.91 Å². The molecule has 0 saturated carbocycles. The van der Waals surface area contributed by atoms with E-state index < -0.39 is 0 Å². The van der Waals surface area contributed by atoms with Gasteiger partial charge in [-0.15, -0.1) is 0 Å². The first kappa shape index (κ1) is 16.7. The zero-order chi connectivity index (χ0) is 15.5. The lowest BCUT2D eigenvalue weighted by Gasteiger charge is -2.38. The van der Waals surface area contributed by atoms with Gasteiger partial charge < -0.3 is 10.0 Å². The summed E-state index contributed by atoms with van der Waals surface area (Å²) >= 11 is 0. The lowest BCUT2D eigenvalue weighted by atomic mass is 9.89. The van der Waals surface area contributed by atoms with E-state index in [1.54, 1.807) is 0 Å². The van der Waals surface area contributed by atoms with Crippen molar-refractivity contribution in [2.45, 2.75) is 39.7 Å². The summed E-state index contributed by atoms with van der Waals surface area (Å²) in [6.45, 7) is 13.9. The Morgan fingerprint density at radius 3 is 2.19 bits per heavy atom. The molecule has 1 amide bonds. The molecule has 2 saturated heterocycles. The molecule has 122 valence electrons. The highest BCUT2D eigenvalue weighted by atomic mass is 16.3. The van der Waals surface area contributed by atoms with E-state index in [9.17, 15) is 9.90 Å². The molecular weight excluding hydrogens is 266 g/mol. The van der Waals surface area contributed by atoms with Gasteiger partial charge in [-0.2, -0.15) is 0 Å². The van der Waals surface area contributed by atoms with Gasteiger partial charge in [-0.05, 0) is 11.8 Å². The highest BCUT2D eigenvalue weighted by Gasteiger charge is 2.27. The molecular formula is C16H31N3O2. The molecule has 0 aromatic rings. The van der Waals surface area contributed by atoms with Gasteiger partial charge in [0.2, 0.25) is 5.91 Å². The molecule has 0 bridgehead atoms. The van der Waals surface area contributed by atoms with E-state index in [1.807, 2.05) is 4.90 Å². The van der Waals surface area contributed by atoms with Crippen molar-refractivity contribution in [3.8, 4) is 0 Å². The zero-order valence-electron chi connectivity index (χ0n) is 13.8. The Morgan fingerprint density at radius 1 is 1.05 bits per heavy atom. The maximum atomic E-state index is 11.6. The van der Waals surface area contributed by atoms with Crippen molar-refractivity contribution >= 4 is 5.91 Å². The Bertz CT molecular complexity index is 346. The predicted molar refractivity (Wildman–Crippen MR) is 84.2 cm³/mol. The second kappa shape index (κ2) is 7.07. The minimum absolute atomic E-state index is 0.0484. The molecule has 2 heterocycles. The average Bonchev–Trinajstić information content (AvgIpc) is 2.82. The fourth-order valence-corrected chi connectivity index (χ4v) is 2.92. The number of β-amino-alcohol motifs (C(OH)–C–C–N with tert-alkyl or cyclic N) is 1. The van der Waals surface area contributed by atoms with Crippen LogP contribution in [0.4, 0.5) is 0 Å². The largest absolute Gasteiger partial charge is 0.391 e. The molecule has 2 aliphatic heterocycles. The van der Waals surface area contributed by atoms with Crippen LogP contribution in [0.25, 0.3) is 0 Å². The molecule has 0 aliphatic carbocycles. The Labute approximate surface area is 128 Å². The smallest absolute Gasteiger partial charge is 0.222 e. The summed E-state index contributed by atoms with van der Waals surface area (Å²) in [5.41, 5.74) is -0.0484.